The van der Waals surface area contributed by atoms with Gasteiger partial charge in [-0.1, -0.05) is 50.4 Å². The molecular weight excluding hydrogens is 302 g/mol. The lowest BCUT2D eigenvalue weighted by molar-refractivity contribution is 0.100. The Labute approximate surface area is 135 Å². The third-order valence-corrected chi connectivity index (χ3v) is 4.35. The molecule has 0 saturated carbocycles. The fourth-order valence-corrected chi connectivity index (χ4v) is 3.24. The zero-order valence-electron chi connectivity index (χ0n) is 12.8. The van der Waals surface area contributed by atoms with Gasteiger partial charge in [-0.3, -0.25) is 4.79 Å². The summed E-state index contributed by atoms with van der Waals surface area (Å²) >= 11 is 6.61. The number of amides is 1. The van der Waals surface area contributed by atoms with Gasteiger partial charge in [0.1, 0.15) is 5.50 Å². The highest BCUT2D eigenvalue weighted by Crippen LogP contribution is 2.40. The Morgan fingerprint density at radius 1 is 1.36 bits per heavy atom. The summed E-state index contributed by atoms with van der Waals surface area (Å²) in [7, 11) is 0. The van der Waals surface area contributed by atoms with E-state index in [9.17, 15) is 9.70 Å². The summed E-state index contributed by atoms with van der Waals surface area (Å²) < 4.78 is 0. The average Bonchev–Trinajstić information content (AvgIpc) is 2.54. The largest absolute Gasteiger partial charge is 0.339 e. The van der Waals surface area contributed by atoms with Crippen molar-refractivity contribution in [2.45, 2.75) is 51.1 Å². The van der Waals surface area contributed by atoms with Crippen LogP contribution in [-0.4, -0.2) is 23.2 Å². The number of rotatable bonds is 6. The van der Waals surface area contributed by atoms with Gasteiger partial charge in [0.25, 0.3) is 0 Å². The minimum Gasteiger partial charge on any atom is -0.339 e. The van der Waals surface area contributed by atoms with Crippen LogP contribution in [0, 0.1) is 4.91 Å². The minimum atomic E-state index is -0.815. The smallest absolute Gasteiger partial charge is 0.318 e. The number of carbonyl (C=O) groups excluding carboxylic acids is 1. The number of para-hydroxylation sites is 1. The quantitative estimate of drug-likeness (QED) is 0.430. The van der Waals surface area contributed by atoms with Crippen molar-refractivity contribution in [3.05, 3.63) is 34.2 Å². The monoisotopic (exact) mass is 321 g/mol. The molecule has 1 heterocycles. The van der Waals surface area contributed by atoms with Gasteiger partial charge in [-0.05, 0) is 18.9 Å². The van der Waals surface area contributed by atoms with Gasteiger partial charge in [-0.2, -0.15) is 0 Å². The van der Waals surface area contributed by atoms with Crippen LogP contribution >= 0.6 is 11.6 Å². The third-order valence-electron chi connectivity index (χ3n) is 3.88. The number of nitrogens with zero attached hydrogens (tertiary/aromatic N) is 3. The molecule has 1 aliphatic rings. The highest BCUT2D eigenvalue weighted by Gasteiger charge is 2.29. The summed E-state index contributed by atoms with van der Waals surface area (Å²) in [4.78, 5) is 28.5. The summed E-state index contributed by atoms with van der Waals surface area (Å²) in [6.45, 7) is 4.29. The molecule has 6 heteroatoms. The Kier molecular flexibility index (Phi) is 5.66. The second-order valence-corrected chi connectivity index (χ2v) is 5.81. The van der Waals surface area contributed by atoms with Crippen molar-refractivity contribution in [1.29, 1.82) is 0 Å². The van der Waals surface area contributed by atoms with Crippen molar-refractivity contribution in [3.63, 3.8) is 0 Å². The predicted octanol–water partition coefficient (Wildman–Crippen LogP) is 4.77. The van der Waals surface area contributed by atoms with E-state index >= 15 is 0 Å². The van der Waals surface area contributed by atoms with Gasteiger partial charge in [0.15, 0.2) is 0 Å². The van der Waals surface area contributed by atoms with E-state index in [2.05, 4.69) is 24.0 Å². The third kappa shape index (κ3) is 3.19. The molecular formula is C16H20ClN3O2. The molecule has 0 spiro atoms. The lowest BCUT2D eigenvalue weighted by Gasteiger charge is -2.36. The first-order chi connectivity index (χ1) is 10.6. The average molecular weight is 322 g/mol. The van der Waals surface area contributed by atoms with Crippen LogP contribution in [0.1, 0.15) is 61.0 Å². The molecule has 0 fully saturated rings. The van der Waals surface area contributed by atoms with Gasteiger partial charge in [-0.15, -0.1) is 4.91 Å². The number of hydrogen-bond acceptors (Lipinski definition) is 4. The Morgan fingerprint density at radius 2 is 2.05 bits per heavy atom. The normalized spacial score (nSPS) is 16.7. The fraction of sp³-hybridized carbons (Fsp3) is 0.500. The molecule has 0 aromatic heterocycles. The van der Waals surface area contributed by atoms with Gasteiger partial charge in [-0.25, -0.2) is 4.99 Å². The minimum absolute atomic E-state index is 0.205. The molecule has 0 radical (unpaired) electrons. The molecule has 5 nitrogen and oxygen atoms in total. The van der Waals surface area contributed by atoms with Crippen LogP contribution < -0.4 is 0 Å². The van der Waals surface area contributed by atoms with Gasteiger partial charge < -0.3 is 4.90 Å². The SMILES string of the molecule is CCCC(CCC)N1C=Nc2c(C(=O)N=O)cccc2C1Cl. The summed E-state index contributed by atoms with van der Waals surface area (Å²) in [6, 6.07) is 5.42. The number of nitroso groups, excluding NO2 is 1. The highest BCUT2D eigenvalue weighted by molar-refractivity contribution is 6.22. The molecule has 22 heavy (non-hydrogen) atoms. The van der Waals surface area contributed by atoms with E-state index in [1.165, 1.54) is 0 Å². The van der Waals surface area contributed by atoms with Gasteiger partial charge in [0, 0.05) is 16.8 Å². The fourth-order valence-electron chi connectivity index (χ4n) is 2.85. The number of halogens is 1. The Bertz CT molecular complexity index is 583. The van der Waals surface area contributed by atoms with E-state index in [0.717, 1.165) is 31.2 Å². The Balaban J connectivity index is 2.37. The molecule has 0 aliphatic carbocycles. The second-order valence-electron chi connectivity index (χ2n) is 5.40. The van der Waals surface area contributed by atoms with E-state index in [1.807, 2.05) is 11.0 Å². The topological polar surface area (TPSA) is 62.1 Å². The number of carbonyl (C=O) groups is 1. The van der Waals surface area contributed by atoms with Crippen LogP contribution in [0.5, 0.6) is 0 Å². The maximum Gasteiger partial charge on any atom is 0.318 e. The van der Waals surface area contributed by atoms with Crippen LogP contribution in [0.2, 0.25) is 0 Å². The number of fused-ring (bicyclic) bond motifs is 1. The molecule has 0 saturated heterocycles. The molecule has 1 unspecified atom stereocenters. The van der Waals surface area contributed by atoms with Gasteiger partial charge in [0.2, 0.25) is 0 Å². The van der Waals surface area contributed by atoms with Crippen molar-refractivity contribution < 1.29 is 4.79 Å². The lowest BCUT2D eigenvalue weighted by Crippen LogP contribution is -2.37. The number of benzene rings is 1. The zero-order valence-corrected chi connectivity index (χ0v) is 13.6. The van der Waals surface area contributed by atoms with Crippen LogP contribution in [-0.2, 0) is 0 Å². The Hall–Kier alpha value is -1.75. The maximum atomic E-state index is 11.6. The van der Waals surface area contributed by atoms with Crippen LogP contribution in [0.3, 0.4) is 0 Å². The Morgan fingerprint density at radius 3 is 2.64 bits per heavy atom. The molecule has 1 amide bonds. The van der Waals surface area contributed by atoms with Crippen molar-refractivity contribution in [2.75, 3.05) is 0 Å². The molecule has 1 aliphatic heterocycles. The first kappa shape index (κ1) is 16.6. The van der Waals surface area contributed by atoms with Crippen LogP contribution in [0.4, 0.5) is 5.69 Å². The number of aliphatic imine (C=N–C) groups is 1. The van der Waals surface area contributed by atoms with E-state index in [1.54, 1.807) is 18.5 Å². The van der Waals surface area contributed by atoms with Crippen LogP contribution in [0.25, 0.3) is 0 Å². The van der Waals surface area contributed by atoms with E-state index in [4.69, 9.17) is 11.6 Å². The highest BCUT2D eigenvalue weighted by atomic mass is 35.5. The van der Waals surface area contributed by atoms with Gasteiger partial charge >= 0.3 is 5.91 Å². The van der Waals surface area contributed by atoms with Crippen molar-refractivity contribution in [3.8, 4) is 0 Å². The second kappa shape index (κ2) is 7.49. The molecule has 2 rings (SSSR count). The summed E-state index contributed by atoms with van der Waals surface area (Å²) in [6.07, 6.45) is 5.90. The summed E-state index contributed by atoms with van der Waals surface area (Å²) in [5.74, 6) is -0.815. The molecule has 0 N–H and O–H groups in total. The first-order valence-corrected chi connectivity index (χ1v) is 8.03. The van der Waals surface area contributed by atoms with Crippen molar-refractivity contribution in [2.24, 2.45) is 10.2 Å². The van der Waals surface area contributed by atoms with E-state index in [-0.39, 0.29) is 5.56 Å². The van der Waals surface area contributed by atoms with Crippen LogP contribution in [0.15, 0.2) is 28.4 Å². The van der Waals surface area contributed by atoms with E-state index in [0.29, 0.717) is 11.7 Å². The van der Waals surface area contributed by atoms with E-state index < -0.39 is 11.4 Å². The molecule has 0 bridgehead atoms. The summed E-state index contributed by atoms with van der Waals surface area (Å²) in [5, 5.41) is 2.49. The number of hydrogen-bond donors (Lipinski definition) is 0. The predicted molar refractivity (Wildman–Crippen MR) is 88.8 cm³/mol. The molecule has 1 aromatic rings. The molecule has 1 aromatic carbocycles. The zero-order chi connectivity index (χ0) is 16.1. The van der Waals surface area contributed by atoms with Gasteiger partial charge in [0.05, 0.1) is 17.6 Å². The van der Waals surface area contributed by atoms with Crippen molar-refractivity contribution in [1.82, 2.24) is 4.90 Å². The number of alkyl halides is 1. The molecule has 118 valence electrons. The maximum absolute atomic E-state index is 11.6. The first-order valence-electron chi connectivity index (χ1n) is 7.60. The summed E-state index contributed by atoms with van der Waals surface area (Å²) in [5.41, 5.74) is 1.01. The lowest BCUT2D eigenvalue weighted by atomic mass is 10.0. The molecule has 1 atom stereocenters. The van der Waals surface area contributed by atoms with Crippen molar-refractivity contribution >= 4 is 29.5 Å². The standard InChI is InChI=1S/C16H20ClN3O2/c1-3-6-11(7-4-2)20-10-18-14-12(15(20)17)8-5-9-13(14)16(21)19-22/h5,8-11,15H,3-4,6-7H2,1-2H3.